The van der Waals surface area contributed by atoms with E-state index in [2.05, 4.69) is 24.0 Å². The Hall–Kier alpha value is -0.380. The SMILES string of the molecule is CCCCCCC(O)CC=CCCCCCCCCOOC. The predicted octanol–water partition coefficient (Wildman–Crippen LogP) is 5.57. The van der Waals surface area contributed by atoms with Gasteiger partial charge in [-0.05, 0) is 32.1 Å². The van der Waals surface area contributed by atoms with Gasteiger partial charge in [0.25, 0.3) is 0 Å². The third-order valence-corrected chi connectivity index (χ3v) is 3.93. The summed E-state index contributed by atoms with van der Waals surface area (Å²) < 4.78 is 0. The van der Waals surface area contributed by atoms with E-state index in [4.69, 9.17) is 4.89 Å². The van der Waals surface area contributed by atoms with Crippen molar-refractivity contribution >= 4 is 0 Å². The maximum absolute atomic E-state index is 9.84. The quantitative estimate of drug-likeness (QED) is 0.165. The molecule has 0 bridgehead atoms. The maximum Gasteiger partial charge on any atom is 0.0822 e. The lowest BCUT2D eigenvalue weighted by Gasteiger charge is -2.07. The van der Waals surface area contributed by atoms with Gasteiger partial charge in [-0.3, -0.25) is 0 Å². The molecule has 3 heteroatoms. The van der Waals surface area contributed by atoms with Crippen LogP contribution in [0.1, 0.15) is 90.4 Å². The van der Waals surface area contributed by atoms with Crippen molar-refractivity contribution < 1.29 is 14.9 Å². The highest BCUT2D eigenvalue weighted by Gasteiger charge is 2.00. The molecule has 1 unspecified atom stereocenters. The lowest BCUT2D eigenvalue weighted by Crippen LogP contribution is -2.04. The van der Waals surface area contributed by atoms with Crippen molar-refractivity contribution in [1.29, 1.82) is 0 Å². The molecule has 1 N–H and O–H groups in total. The first kappa shape index (κ1) is 21.6. The molecule has 0 aliphatic rings. The molecule has 0 aromatic rings. The Bertz CT molecular complexity index is 229. The average Bonchev–Trinajstić information content (AvgIpc) is 2.52. The largest absolute Gasteiger partial charge is 0.393 e. The summed E-state index contributed by atoms with van der Waals surface area (Å²) in [6.07, 6.45) is 19.6. The third kappa shape index (κ3) is 17.7. The molecule has 0 saturated carbocycles. The Labute approximate surface area is 138 Å². The topological polar surface area (TPSA) is 38.7 Å². The van der Waals surface area contributed by atoms with Crippen molar-refractivity contribution in [3.63, 3.8) is 0 Å². The van der Waals surface area contributed by atoms with E-state index in [1.807, 2.05) is 0 Å². The summed E-state index contributed by atoms with van der Waals surface area (Å²) in [5.74, 6) is 0. The van der Waals surface area contributed by atoms with E-state index < -0.39 is 0 Å². The first-order valence-corrected chi connectivity index (χ1v) is 9.30. The van der Waals surface area contributed by atoms with Crippen LogP contribution in [0.3, 0.4) is 0 Å². The maximum atomic E-state index is 9.84. The Balaban J connectivity index is 3.19. The lowest BCUT2D eigenvalue weighted by molar-refractivity contribution is -0.272. The van der Waals surface area contributed by atoms with E-state index in [9.17, 15) is 5.11 Å². The second kappa shape index (κ2) is 18.7. The highest BCUT2D eigenvalue weighted by Crippen LogP contribution is 2.10. The zero-order valence-electron chi connectivity index (χ0n) is 14.9. The molecular formula is C19H38O3. The van der Waals surface area contributed by atoms with Gasteiger partial charge in [-0.15, -0.1) is 0 Å². The smallest absolute Gasteiger partial charge is 0.0822 e. The van der Waals surface area contributed by atoms with E-state index in [0.29, 0.717) is 6.61 Å². The summed E-state index contributed by atoms with van der Waals surface area (Å²) in [4.78, 5) is 9.38. The van der Waals surface area contributed by atoms with Gasteiger partial charge in [0.2, 0.25) is 0 Å². The van der Waals surface area contributed by atoms with Crippen LogP contribution in [0.4, 0.5) is 0 Å². The molecule has 1 atom stereocenters. The second-order valence-electron chi connectivity index (χ2n) is 6.11. The predicted molar refractivity (Wildman–Crippen MR) is 93.8 cm³/mol. The van der Waals surface area contributed by atoms with E-state index in [-0.39, 0.29) is 6.10 Å². The van der Waals surface area contributed by atoms with Gasteiger partial charge in [-0.1, -0.05) is 70.4 Å². The van der Waals surface area contributed by atoms with Crippen LogP contribution >= 0.6 is 0 Å². The number of hydrogen-bond donors (Lipinski definition) is 1. The molecule has 0 radical (unpaired) electrons. The molecule has 0 rings (SSSR count). The molecule has 132 valence electrons. The fourth-order valence-corrected chi connectivity index (χ4v) is 2.51. The fourth-order valence-electron chi connectivity index (χ4n) is 2.51. The first-order valence-electron chi connectivity index (χ1n) is 9.30. The van der Waals surface area contributed by atoms with Crippen molar-refractivity contribution in [2.45, 2.75) is 96.5 Å². The minimum absolute atomic E-state index is 0.137. The second-order valence-corrected chi connectivity index (χ2v) is 6.11. The summed E-state index contributed by atoms with van der Waals surface area (Å²) in [5.41, 5.74) is 0. The van der Waals surface area contributed by atoms with E-state index in [0.717, 1.165) is 32.1 Å². The Morgan fingerprint density at radius 3 is 2.27 bits per heavy atom. The minimum Gasteiger partial charge on any atom is -0.393 e. The van der Waals surface area contributed by atoms with Crippen molar-refractivity contribution in [2.24, 2.45) is 0 Å². The molecule has 0 fully saturated rings. The number of rotatable bonds is 17. The molecule has 0 heterocycles. The van der Waals surface area contributed by atoms with Crippen LogP contribution in [-0.2, 0) is 9.78 Å². The van der Waals surface area contributed by atoms with Gasteiger partial charge in [0, 0.05) is 0 Å². The molecule has 0 aliphatic carbocycles. The summed E-state index contributed by atoms with van der Waals surface area (Å²) >= 11 is 0. The molecule has 0 aromatic carbocycles. The summed E-state index contributed by atoms with van der Waals surface area (Å²) in [7, 11) is 1.55. The molecule has 0 saturated heterocycles. The van der Waals surface area contributed by atoms with E-state index in [1.165, 1.54) is 51.4 Å². The Morgan fingerprint density at radius 2 is 1.55 bits per heavy atom. The standard InChI is InChI=1S/C19H38O3/c1-3-4-5-13-16-19(20)17-14-11-9-7-6-8-10-12-15-18-22-21-2/h11,14,19-20H,3-10,12-13,15-18H2,1-2H3. The van der Waals surface area contributed by atoms with Gasteiger partial charge in [0.1, 0.15) is 0 Å². The van der Waals surface area contributed by atoms with E-state index >= 15 is 0 Å². The minimum atomic E-state index is -0.137. The third-order valence-electron chi connectivity index (χ3n) is 3.93. The van der Waals surface area contributed by atoms with Gasteiger partial charge < -0.3 is 5.11 Å². The van der Waals surface area contributed by atoms with Gasteiger partial charge in [0.15, 0.2) is 0 Å². The molecule has 0 aromatic heterocycles. The lowest BCUT2D eigenvalue weighted by atomic mass is 10.1. The molecule has 0 aliphatic heterocycles. The molecular weight excluding hydrogens is 276 g/mol. The average molecular weight is 315 g/mol. The molecule has 22 heavy (non-hydrogen) atoms. The van der Waals surface area contributed by atoms with Crippen molar-refractivity contribution in [1.82, 2.24) is 0 Å². The van der Waals surface area contributed by atoms with Crippen LogP contribution in [-0.4, -0.2) is 24.9 Å². The van der Waals surface area contributed by atoms with Crippen molar-refractivity contribution in [3.05, 3.63) is 12.2 Å². The van der Waals surface area contributed by atoms with Gasteiger partial charge in [-0.25, -0.2) is 9.78 Å². The highest BCUT2D eigenvalue weighted by atomic mass is 17.2. The molecule has 0 amide bonds. The fraction of sp³-hybridized carbons (Fsp3) is 0.895. The normalized spacial score (nSPS) is 13.0. The number of unbranched alkanes of at least 4 members (excludes halogenated alkanes) is 9. The zero-order chi connectivity index (χ0) is 16.3. The zero-order valence-corrected chi connectivity index (χ0v) is 14.9. The number of allylic oxidation sites excluding steroid dienone is 1. The van der Waals surface area contributed by atoms with Crippen LogP contribution in [0.5, 0.6) is 0 Å². The van der Waals surface area contributed by atoms with Gasteiger partial charge >= 0.3 is 0 Å². The summed E-state index contributed by atoms with van der Waals surface area (Å²) in [6, 6.07) is 0. The van der Waals surface area contributed by atoms with E-state index in [1.54, 1.807) is 7.11 Å². The summed E-state index contributed by atoms with van der Waals surface area (Å²) in [6.45, 7) is 2.93. The summed E-state index contributed by atoms with van der Waals surface area (Å²) in [5, 5.41) is 9.84. The van der Waals surface area contributed by atoms with Gasteiger partial charge in [0.05, 0.1) is 19.8 Å². The van der Waals surface area contributed by atoms with Gasteiger partial charge in [-0.2, -0.15) is 0 Å². The number of hydrogen-bond acceptors (Lipinski definition) is 3. The van der Waals surface area contributed by atoms with Crippen LogP contribution in [0.25, 0.3) is 0 Å². The number of aliphatic hydroxyl groups excluding tert-OH is 1. The Morgan fingerprint density at radius 1 is 0.864 bits per heavy atom. The number of aliphatic hydroxyl groups is 1. The van der Waals surface area contributed by atoms with Crippen LogP contribution < -0.4 is 0 Å². The molecule has 0 spiro atoms. The van der Waals surface area contributed by atoms with Crippen molar-refractivity contribution in [2.75, 3.05) is 13.7 Å². The van der Waals surface area contributed by atoms with Crippen LogP contribution in [0.2, 0.25) is 0 Å². The monoisotopic (exact) mass is 314 g/mol. The molecule has 3 nitrogen and oxygen atoms in total. The van der Waals surface area contributed by atoms with Crippen LogP contribution in [0, 0.1) is 0 Å². The Kier molecular flexibility index (Phi) is 18.3. The van der Waals surface area contributed by atoms with Crippen LogP contribution in [0.15, 0.2) is 12.2 Å². The highest BCUT2D eigenvalue weighted by molar-refractivity contribution is 4.83. The van der Waals surface area contributed by atoms with Crippen molar-refractivity contribution in [3.8, 4) is 0 Å². The first-order chi connectivity index (χ1) is 10.8.